The van der Waals surface area contributed by atoms with Crippen LogP contribution in [0.1, 0.15) is 48.9 Å². The highest BCUT2D eigenvalue weighted by atomic mass is 16.5. The normalized spacial score (nSPS) is 14.9. The van der Waals surface area contributed by atoms with Crippen LogP contribution in [-0.2, 0) is 11.2 Å². The fraction of sp³-hybridized carbons (Fsp3) is 0.333. The zero-order chi connectivity index (χ0) is 26.5. The van der Waals surface area contributed by atoms with E-state index < -0.39 is 0 Å². The largest absolute Gasteiger partial charge is 0.493 e. The van der Waals surface area contributed by atoms with E-state index in [0.717, 1.165) is 22.3 Å². The lowest BCUT2D eigenvalue weighted by Crippen LogP contribution is -2.26. The monoisotopic (exact) mass is 502 g/mol. The van der Waals surface area contributed by atoms with Gasteiger partial charge in [-0.2, -0.15) is 0 Å². The van der Waals surface area contributed by atoms with E-state index in [1.54, 1.807) is 27.4 Å². The second kappa shape index (κ2) is 11.4. The van der Waals surface area contributed by atoms with Crippen molar-refractivity contribution >= 4 is 11.6 Å². The molecule has 0 aliphatic heterocycles. The Bertz CT molecular complexity index is 1340. The predicted octanol–water partition coefficient (Wildman–Crippen LogP) is 5.08. The first-order valence-corrected chi connectivity index (χ1v) is 12.4. The standard InChI is InChI=1S/C30H34N2O5/c1-18(20-9-7-6-8-10-20)17-31-25-14-12-22-23(16-26(25)34)24(32-19(2)33)13-11-21-15-27(35-3)29(36-4)30(37-5)28(21)22/h6-10,12,14-16,18,24H,11,13,17H2,1-5H3,(H,31,34)(H,32,33)/t18?,24-/m0/s1. The van der Waals surface area contributed by atoms with Gasteiger partial charge in [0.15, 0.2) is 11.5 Å². The van der Waals surface area contributed by atoms with E-state index in [2.05, 4.69) is 29.7 Å². The first-order chi connectivity index (χ1) is 17.9. The molecule has 7 heteroatoms. The van der Waals surface area contributed by atoms with E-state index in [0.29, 0.717) is 42.3 Å². The number of carbonyl (C=O) groups is 1. The van der Waals surface area contributed by atoms with Crippen molar-refractivity contribution in [2.45, 2.75) is 38.6 Å². The molecule has 7 nitrogen and oxygen atoms in total. The maximum absolute atomic E-state index is 13.4. The van der Waals surface area contributed by atoms with Gasteiger partial charge in [0.1, 0.15) is 0 Å². The molecule has 1 aliphatic carbocycles. The Kier molecular flexibility index (Phi) is 8.01. The van der Waals surface area contributed by atoms with Crippen molar-refractivity contribution in [3.05, 3.63) is 81.5 Å². The Labute approximate surface area is 217 Å². The van der Waals surface area contributed by atoms with Crippen molar-refractivity contribution in [1.82, 2.24) is 5.32 Å². The first kappa shape index (κ1) is 26.1. The molecule has 0 saturated carbocycles. The van der Waals surface area contributed by atoms with Gasteiger partial charge in [0.05, 0.1) is 33.1 Å². The van der Waals surface area contributed by atoms with Crippen LogP contribution in [-0.4, -0.2) is 33.8 Å². The summed E-state index contributed by atoms with van der Waals surface area (Å²) < 4.78 is 17.1. The average molecular weight is 503 g/mol. The number of hydrogen-bond acceptors (Lipinski definition) is 6. The van der Waals surface area contributed by atoms with E-state index in [4.69, 9.17) is 14.2 Å². The van der Waals surface area contributed by atoms with Crippen molar-refractivity contribution in [3.63, 3.8) is 0 Å². The van der Waals surface area contributed by atoms with Crippen LogP contribution in [0.3, 0.4) is 0 Å². The molecule has 0 radical (unpaired) electrons. The Hall–Kier alpha value is -4.00. The van der Waals surface area contributed by atoms with Crippen LogP contribution in [0.4, 0.5) is 5.69 Å². The average Bonchev–Trinajstić information content (AvgIpc) is 3.15. The Balaban J connectivity index is 1.85. The molecule has 1 aliphatic rings. The number of carbonyl (C=O) groups excluding carboxylic acids is 1. The molecule has 3 aromatic carbocycles. The van der Waals surface area contributed by atoms with Crippen molar-refractivity contribution in [1.29, 1.82) is 0 Å². The molecule has 0 aromatic heterocycles. The summed E-state index contributed by atoms with van der Waals surface area (Å²) in [5.74, 6) is 1.65. The highest BCUT2D eigenvalue weighted by molar-refractivity contribution is 5.83. The summed E-state index contributed by atoms with van der Waals surface area (Å²) in [7, 11) is 4.75. The second-order valence-electron chi connectivity index (χ2n) is 9.29. The molecule has 4 rings (SSSR count). The molecular weight excluding hydrogens is 468 g/mol. The topological polar surface area (TPSA) is 85.9 Å². The molecule has 2 atom stereocenters. The summed E-state index contributed by atoms with van der Waals surface area (Å²) in [6.07, 6.45) is 1.28. The number of fused-ring (bicyclic) bond motifs is 3. The number of rotatable bonds is 8. The van der Waals surface area contributed by atoms with E-state index in [-0.39, 0.29) is 23.3 Å². The van der Waals surface area contributed by atoms with Crippen molar-refractivity contribution in [2.24, 2.45) is 0 Å². The third kappa shape index (κ3) is 5.40. The minimum Gasteiger partial charge on any atom is -0.493 e. The number of ether oxygens (including phenoxy) is 3. The number of hydrogen-bond donors (Lipinski definition) is 2. The molecule has 37 heavy (non-hydrogen) atoms. The Morgan fingerprint density at radius 1 is 1.00 bits per heavy atom. The molecule has 0 fully saturated rings. The molecule has 194 valence electrons. The quantitative estimate of drug-likeness (QED) is 0.447. The van der Waals surface area contributed by atoms with E-state index in [1.165, 1.54) is 12.5 Å². The molecule has 0 saturated heterocycles. The van der Waals surface area contributed by atoms with Crippen molar-refractivity contribution < 1.29 is 19.0 Å². The van der Waals surface area contributed by atoms with Gasteiger partial charge in [-0.3, -0.25) is 9.59 Å². The third-order valence-corrected chi connectivity index (χ3v) is 6.88. The van der Waals surface area contributed by atoms with Crippen LogP contribution in [0.5, 0.6) is 17.2 Å². The van der Waals surface area contributed by atoms with Gasteiger partial charge in [0, 0.05) is 19.0 Å². The van der Waals surface area contributed by atoms with Crippen LogP contribution in [0.15, 0.2) is 59.4 Å². The molecule has 1 unspecified atom stereocenters. The maximum atomic E-state index is 13.4. The van der Waals surface area contributed by atoms with E-state index in [1.807, 2.05) is 36.4 Å². The zero-order valence-electron chi connectivity index (χ0n) is 22.0. The van der Waals surface area contributed by atoms with Gasteiger partial charge in [-0.05, 0) is 59.2 Å². The minimum absolute atomic E-state index is 0.139. The summed E-state index contributed by atoms with van der Waals surface area (Å²) in [6, 6.07) is 17.2. The smallest absolute Gasteiger partial charge is 0.217 e. The zero-order valence-corrected chi connectivity index (χ0v) is 22.0. The minimum atomic E-state index is -0.335. The number of nitrogens with one attached hydrogen (secondary N) is 2. The van der Waals surface area contributed by atoms with Crippen LogP contribution < -0.4 is 30.3 Å². The fourth-order valence-electron chi connectivity index (χ4n) is 5.02. The summed E-state index contributed by atoms with van der Waals surface area (Å²) in [5.41, 5.74) is 4.94. The second-order valence-corrected chi connectivity index (χ2v) is 9.29. The Morgan fingerprint density at radius 3 is 2.38 bits per heavy atom. The highest BCUT2D eigenvalue weighted by Crippen LogP contribution is 2.50. The SMILES string of the molecule is COc1cc2c(c(OC)c1OC)-c1ccc(NCC(C)c3ccccc3)c(=O)cc1[C@@H](NC(C)=O)CC2. The van der Waals surface area contributed by atoms with Crippen LogP contribution in [0.25, 0.3) is 11.1 Å². The van der Waals surface area contributed by atoms with Gasteiger partial charge in [-0.1, -0.05) is 43.3 Å². The van der Waals surface area contributed by atoms with E-state index in [9.17, 15) is 9.59 Å². The molecule has 0 heterocycles. The number of benzene rings is 2. The summed E-state index contributed by atoms with van der Waals surface area (Å²) >= 11 is 0. The first-order valence-electron chi connectivity index (χ1n) is 12.4. The van der Waals surface area contributed by atoms with Gasteiger partial charge in [0.2, 0.25) is 17.1 Å². The Morgan fingerprint density at radius 2 is 1.73 bits per heavy atom. The van der Waals surface area contributed by atoms with Crippen molar-refractivity contribution in [2.75, 3.05) is 33.2 Å². The molecule has 1 amide bonds. The number of amides is 1. The lowest BCUT2D eigenvalue weighted by Gasteiger charge is -2.19. The molecular formula is C30H34N2O5. The lowest BCUT2D eigenvalue weighted by molar-refractivity contribution is -0.119. The number of aryl methyl sites for hydroxylation is 1. The van der Waals surface area contributed by atoms with Gasteiger partial charge in [-0.25, -0.2) is 0 Å². The summed E-state index contributed by atoms with van der Waals surface area (Å²) in [4.78, 5) is 25.5. The van der Waals surface area contributed by atoms with Gasteiger partial charge < -0.3 is 24.8 Å². The number of anilines is 1. The molecule has 2 N–H and O–H groups in total. The maximum Gasteiger partial charge on any atom is 0.217 e. The predicted molar refractivity (Wildman–Crippen MR) is 146 cm³/mol. The van der Waals surface area contributed by atoms with Crippen molar-refractivity contribution in [3.8, 4) is 28.4 Å². The molecule has 0 bridgehead atoms. The van der Waals surface area contributed by atoms with Crippen LogP contribution in [0.2, 0.25) is 0 Å². The molecule has 3 aromatic rings. The van der Waals surface area contributed by atoms with Gasteiger partial charge in [0.25, 0.3) is 0 Å². The summed E-state index contributed by atoms with van der Waals surface area (Å²) in [6.45, 7) is 4.22. The summed E-state index contributed by atoms with van der Waals surface area (Å²) in [5, 5.41) is 6.38. The van der Waals surface area contributed by atoms with E-state index >= 15 is 0 Å². The third-order valence-electron chi connectivity index (χ3n) is 6.88. The van der Waals surface area contributed by atoms with Crippen LogP contribution in [0, 0.1) is 0 Å². The van der Waals surface area contributed by atoms with Crippen LogP contribution >= 0.6 is 0 Å². The van der Waals surface area contributed by atoms with Gasteiger partial charge >= 0.3 is 0 Å². The molecule has 0 spiro atoms. The highest BCUT2D eigenvalue weighted by Gasteiger charge is 2.29. The fourth-order valence-corrected chi connectivity index (χ4v) is 5.02. The lowest BCUT2D eigenvalue weighted by atomic mass is 9.95. The number of methoxy groups -OCH3 is 3. The van der Waals surface area contributed by atoms with Gasteiger partial charge in [-0.15, -0.1) is 0 Å².